The summed E-state index contributed by atoms with van der Waals surface area (Å²) in [5.41, 5.74) is 0. The normalized spacial score (nSPS) is 23.2. The van der Waals surface area contributed by atoms with Crippen molar-refractivity contribution in [2.24, 2.45) is 5.92 Å². The molecule has 1 aliphatic carbocycles. The van der Waals surface area contributed by atoms with Crippen molar-refractivity contribution in [3.63, 3.8) is 0 Å². The first-order valence-corrected chi connectivity index (χ1v) is 6.77. The SMILES string of the molecule is C#CCCCN1CCC(NCC2CC2)CC1. The third-order valence-corrected chi connectivity index (χ3v) is 3.78. The van der Waals surface area contributed by atoms with Gasteiger partial charge in [-0.05, 0) is 64.2 Å². The van der Waals surface area contributed by atoms with E-state index >= 15 is 0 Å². The second kappa shape index (κ2) is 6.27. The van der Waals surface area contributed by atoms with Crippen molar-refractivity contribution >= 4 is 0 Å². The summed E-state index contributed by atoms with van der Waals surface area (Å²) in [6.45, 7) is 4.97. The molecule has 1 N–H and O–H groups in total. The maximum Gasteiger partial charge on any atom is 0.00982 e. The van der Waals surface area contributed by atoms with Crippen molar-refractivity contribution < 1.29 is 0 Å². The molecule has 0 aromatic carbocycles. The third-order valence-electron chi connectivity index (χ3n) is 3.78. The molecule has 2 aliphatic rings. The van der Waals surface area contributed by atoms with Gasteiger partial charge in [-0.15, -0.1) is 12.3 Å². The number of rotatable bonds is 6. The number of nitrogens with one attached hydrogen (secondary N) is 1. The average Bonchev–Trinajstić information content (AvgIpc) is 3.12. The number of nitrogens with zero attached hydrogens (tertiary/aromatic N) is 1. The Morgan fingerprint density at radius 1 is 1.19 bits per heavy atom. The van der Waals surface area contributed by atoms with Crippen LogP contribution >= 0.6 is 0 Å². The van der Waals surface area contributed by atoms with E-state index in [1.165, 1.54) is 51.9 Å². The Morgan fingerprint density at radius 2 is 1.94 bits per heavy atom. The smallest absolute Gasteiger partial charge is 0.00982 e. The van der Waals surface area contributed by atoms with Crippen LogP contribution in [0.2, 0.25) is 0 Å². The number of hydrogen-bond donors (Lipinski definition) is 1. The zero-order chi connectivity index (χ0) is 11.2. The molecule has 0 amide bonds. The second-order valence-corrected chi connectivity index (χ2v) is 5.28. The van der Waals surface area contributed by atoms with Gasteiger partial charge in [-0.2, -0.15) is 0 Å². The van der Waals surface area contributed by atoms with Gasteiger partial charge in [0.2, 0.25) is 0 Å². The molecule has 1 aliphatic heterocycles. The van der Waals surface area contributed by atoms with Gasteiger partial charge in [-0.25, -0.2) is 0 Å². The van der Waals surface area contributed by atoms with E-state index in [1.807, 2.05) is 0 Å². The summed E-state index contributed by atoms with van der Waals surface area (Å²) in [5.74, 6) is 3.72. The van der Waals surface area contributed by atoms with Gasteiger partial charge in [0.05, 0.1) is 0 Å². The molecule has 0 aromatic rings. The van der Waals surface area contributed by atoms with Gasteiger partial charge in [0.25, 0.3) is 0 Å². The van der Waals surface area contributed by atoms with E-state index in [2.05, 4.69) is 16.1 Å². The molecule has 0 spiro atoms. The van der Waals surface area contributed by atoms with Gasteiger partial charge < -0.3 is 10.2 Å². The van der Waals surface area contributed by atoms with E-state index in [1.54, 1.807) is 0 Å². The highest BCUT2D eigenvalue weighted by Gasteiger charge is 2.24. The molecule has 1 heterocycles. The van der Waals surface area contributed by atoms with Crippen molar-refractivity contribution in [1.29, 1.82) is 0 Å². The van der Waals surface area contributed by atoms with Crippen LogP contribution < -0.4 is 5.32 Å². The molecule has 90 valence electrons. The van der Waals surface area contributed by atoms with E-state index in [9.17, 15) is 0 Å². The predicted molar refractivity (Wildman–Crippen MR) is 68.3 cm³/mol. The van der Waals surface area contributed by atoms with Gasteiger partial charge in [-0.1, -0.05) is 0 Å². The van der Waals surface area contributed by atoms with Crippen molar-refractivity contribution in [3.8, 4) is 12.3 Å². The van der Waals surface area contributed by atoms with Crippen LogP contribution in [0.25, 0.3) is 0 Å². The molecule has 2 heteroatoms. The molecule has 0 aromatic heterocycles. The van der Waals surface area contributed by atoms with Crippen molar-refractivity contribution in [2.45, 2.75) is 44.6 Å². The minimum Gasteiger partial charge on any atom is -0.314 e. The van der Waals surface area contributed by atoms with E-state index < -0.39 is 0 Å². The van der Waals surface area contributed by atoms with Gasteiger partial charge in [0.1, 0.15) is 0 Å². The highest BCUT2D eigenvalue weighted by Crippen LogP contribution is 2.28. The largest absolute Gasteiger partial charge is 0.314 e. The lowest BCUT2D eigenvalue weighted by atomic mass is 10.0. The first-order chi connectivity index (χ1) is 7.88. The molecule has 16 heavy (non-hydrogen) atoms. The van der Waals surface area contributed by atoms with Crippen LogP contribution in [-0.4, -0.2) is 37.1 Å². The van der Waals surface area contributed by atoms with Crippen molar-refractivity contribution in [3.05, 3.63) is 0 Å². The second-order valence-electron chi connectivity index (χ2n) is 5.28. The summed E-state index contributed by atoms with van der Waals surface area (Å²) in [6.07, 6.45) is 12.9. The number of piperidine rings is 1. The van der Waals surface area contributed by atoms with E-state index in [4.69, 9.17) is 6.42 Å². The van der Waals surface area contributed by atoms with Crippen LogP contribution in [0.4, 0.5) is 0 Å². The van der Waals surface area contributed by atoms with Gasteiger partial charge in [0.15, 0.2) is 0 Å². The molecular weight excluding hydrogens is 196 g/mol. The predicted octanol–water partition coefficient (Wildman–Crippen LogP) is 1.86. The van der Waals surface area contributed by atoms with Crippen LogP contribution in [-0.2, 0) is 0 Å². The van der Waals surface area contributed by atoms with Gasteiger partial charge >= 0.3 is 0 Å². The molecular formula is C14H24N2. The molecule has 2 nitrogen and oxygen atoms in total. The summed E-state index contributed by atoms with van der Waals surface area (Å²) in [5, 5.41) is 3.71. The zero-order valence-electron chi connectivity index (χ0n) is 10.3. The maximum absolute atomic E-state index is 5.26. The van der Waals surface area contributed by atoms with Crippen LogP contribution in [0, 0.1) is 18.3 Å². The Bertz CT molecular complexity index is 232. The summed E-state index contributed by atoms with van der Waals surface area (Å²) in [7, 11) is 0. The quantitative estimate of drug-likeness (QED) is 0.543. The molecule has 1 saturated carbocycles. The van der Waals surface area contributed by atoms with Crippen LogP contribution in [0.3, 0.4) is 0 Å². The first kappa shape index (κ1) is 12.0. The fraction of sp³-hybridized carbons (Fsp3) is 0.857. The van der Waals surface area contributed by atoms with E-state index in [-0.39, 0.29) is 0 Å². The lowest BCUT2D eigenvalue weighted by Gasteiger charge is -2.32. The minimum atomic E-state index is 0.782. The van der Waals surface area contributed by atoms with Crippen LogP contribution in [0.15, 0.2) is 0 Å². The standard InChI is InChI=1S/C14H24N2/c1-2-3-4-9-16-10-7-14(8-11-16)15-12-13-5-6-13/h1,13-15H,3-12H2. The monoisotopic (exact) mass is 220 g/mol. The number of hydrogen-bond acceptors (Lipinski definition) is 2. The van der Waals surface area contributed by atoms with Crippen molar-refractivity contribution in [1.82, 2.24) is 10.2 Å². The third kappa shape index (κ3) is 4.15. The summed E-state index contributed by atoms with van der Waals surface area (Å²) < 4.78 is 0. The number of terminal acetylenes is 1. The molecule has 0 unspecified atom stereocenters. The fourth-order valence-electron chi connectivity index (χ4n) is 2.42. The van der Waals surface area contributed by atoms with Crippen LogP contribution in [0.1, 0.15) is 38.5 Å². The topological polar surface area (TPSA) is 15.3 Å². The van der Waals surface area contributed by atoms with Gasteiger partial charge in [0, 0.05) is 12.5 Å². The Balaban J connectivity index is 1.53. The highest BCUT2D eigenvalue weighted by molar-refractivity contribution is 4.85. The van der Waals surface area contributed by atoms with Gasteiger partial charge in [-0.3, -0.25) is 0 Å². The number of unbranched alkanes of at least 4 members (excludes halogenated alkanes) is 1. The Labute approximate surface area is 99.8 Å². The average molecular weight is 220 g/mol. The molecule has 0 atom stereocenters. The van der Waals surface area contributed by atoms with E-state index in [0.717, 1.165) is 24.8 Å². The zero-order valence-corrected chi connectivity index (χ0v) is 10.3. The highest BCUT2D eigenvalue weighted by atomic mass is 15.1. The minimum absolute atomic E-state index is 0.782. The first-order valence-electron chi connectivity index (χ1n) is 6.77. The summed E-state index contributed by atoms with van der Waals surface area (Å²) in [4.78, 5) is 2.56. The summed E-state index contributed by atoms with van der Waals surface area (Å²) >= 11 is 0. The Morgan fingerprint density at radius 3 is 2.56 bits per heavy atom. The molecule has 2 fully saturated rings. The molecule has 0 bridgehead atoms. The maximum atomic E-state index is 5.26. The lowest BCUT2D eigenvalue weighted by Crippen LogP contribution is -2.43. The summed E-state index contributed by atoms with van der Waals surface area (Å²) in [6, 6.07) is 0.782. The van der Waals surface area contributed by atoms with Crippen molar-refractivity contribution in [2.75, 3.05) is 26.2 Å². The molecule has 2 rings (SSSR count). The molecule has 0 radical (unpaired) electrons. The molecule has 1 saturated heterocycles. The fourth-order valence-corrected chi connectivity index (χ4v) is 2.42. The Kier molecular flexibility index (Phi) is 4.69. The van der Waals surface area contributed by atoms with Crippen LogP contribution in [0.5, 0.6) is 0 Å². The van der Waals surface area contributed by atoms with E-state index in [0.29, 0.717) is 0 Å². The number of likely N-dealkylation sites (tertiary alicyclic amines) is 1. The lowest BCUT2D eigenvalue weighted by molar-refractivity contribution is 0.196. The Hall–Kier alpha value is -0.520.